The van der Waals surface area contributed by atoms with Gasteiger partial charge >= 0.3 is 0 Å². The van der Waals surface area contributed by atoms with Crippen LogP contribution in [0.5, 0.6) is 0 Å². The number of nitrogens with zero attached hydrogens (tertiary/aromatic N) is 3. The van der Waals surface area contributed by atoms with Crippen molar-refractivity contribution in [3.8, 4) is 0 Å². The van der Waals surface area contributed by atoms with Crippen LogP contribution in [-0.4, -0.2) is 33.2 Å². The number of aromatic nitrogens is 3. The second kappa shape index (κ2) is 3.33. The van der Waals surface area contributed by atoms with Crippen LogP contribution in [0.25, 0.3) is 0 Å². The molecule has 0 spiro atoms. The number of hydrogen-bond donors (Lipinski definition) is 2. The Balaban J connectivity index is 2.23. The molecule has 0 aliphatic carbocycles. The SMILES string of the molecule is CC(C)n1cc(C2(O)CCNC2)nn1. The first-order chi connectivity index (χ1) is 6.62. The molecule has 78 valence electrons. The summed E-state index contributed by atoms with van der Waals surface area (Å²) in [6, 6.07) is 0.286. The summed E-state index contributed by atoms with van der Waals surface area (Å²) in [7, 11) is 0. The van der Waals surface area contributed by atoms with Gasteiger partial charge < -0.3 is 10.4 Å². The zero-order valence-corrected chi connectivity index (χ0v) is 8.56. The Morgan fingerprint density at radius 2 is 2.43 bits per heavy atom. The summed E-state index contributed by atoms with van der Waals surface area (Å²) in [6.07, 6.45) is 2.54. The van der Waals surface area contributed by atoms with E-state index in [0.717, 1.165) is 6.54 Å². The number of β-amino-alcohol motifs (C(OH)–C–C–N with tert-alkyl or cyclic N) is 1. The fourth-order valence-corrected chi connectivity index (χ4v) is 1.64. The van der Waals surface area contributed by atoms with Crippen LogP contribution in [0.3, 0.4) is 0 Å². The maximum atomic E-state index is 10.2. The zero-order valence-electron chi connectivity index (χ0n) is 8.56. The molecular formula is C9H16N4O. The van der Waals surface area contributed by atoms with Crippen molar-refractivity contribution in [2.45, 2.75) is 31.9 Å². The highest BCUT2D eigenvalue weighted by atomic mass is 16.3. The topological polar surface area (TPSA) is 63.0 Å². The molecule has 1 aliphatic rings. The van der Waals surface area contributed by atoms with Crippen LogP contribution >= 0.6 is 0 Å². The largest absolute Gasteiger partial charge is 0.382 e. The Bertz CT molecular complexity index is 314. The number of rotatable bonds is 2. The van der Waals surface area contributed by atoms with Gasteiger partial charge in [0.25, 0.3) is 0 Å². The number of hydrogen-bond acceptors (Lipinski definition) is 4. The highest BCUT2D eigenvalue weighted by Crippen LogP contribution is 2.25. The summed E-state index contributed by atoms with van der Waals surface area (Å²) in [5.74, 6) is 0. The van der Waals surface area contributed by atoms with Gasteiger partial charge in [-0.05, 0) is 26.8 Å². The van der Waals surface area contributed by atoms with E-state index in [-0.39, 0.29) is 6.04 Å². The van der Waals surface area contributed by atoms with Crippen LogP contribution in [0.1, 0.15) is 32.0 Å². The lowest BCUT2D eigenvalue weighted by Gasteiger charge is -2.17. The van der Waals surface area contributed by atoms with Crippen LogP contribution in [0.15, 0.2) is 6.20 Å². The van der Waals surface area contributed by atoms with E-state index >= 15 is 0 Å². The highest BCUT2D eigenvalue weighted by Gasteiger charge is 2.35. The lowest BCUT2D eigenvalue weighted by molar-refractivity contribution is 0.0540. The van der Waals surface area contributed by atoms with Gasteiger partial charge in [0.05, 0.1) is 6.20 Å². The molecule has 1 fully saturated rings. The van der Waals surface area contributed by atoms with Gasteiger partial charge in [0, 0.05) is 12.6 Å². The third kappa shape index (κ3) is 1.53. The van der Waals surface area contributed by atoms with Crippen molar-refractivity contribution in [1.82, 2.24) is 20.3 Å². The average Bonchev–Trinajstić information content (AvgIpc) is 2.71. The first-order valence-corrected chi connectivity index (χ1v) is 4.97. The highest BCUT2D eigenvalue weighted by molar-refractivity contribution is 5.10. The fraction of sp³-hybridized carbons (Fsp3) is 0.778. The van der Waals surface area contributed by atoms with E-state index in [0.29, 0.717) is 18.7 Å². The Morgan fingerprint density at radius 3 is 2.93 bits per heavy atom. The van der Waals surface area contributed by atoms with Crippen molar-refractivity contribution < 1.29 is 5.11 Å². The normalized spacial score (nSPS) is 27.4. The van der Waals surface area contributed by atoms with Gasteiger partial charge in [-0.25, -0.2) is 4.68 Å². The molecule has 1 unspecified atom stereocenters. The maximum absolute atomic E-state index is 10.2. The van der Waals surface area contributed by atoms with E-state index in [4.69, 9.17) is 0 Å². The number of aliphatic hydroxyl groups is 1. The molecule has 0 radical (unpaired) electrons. The van der Waals surface area contributed by atoms with Gasteiger partial charge in [-0.3, -0.25) is 0 Å². The van der Waals surface area contributed by atoms with Crippen molar-refractivity contribution in [1.29, 1.82) is 0 Å². The quantitative estimate of drug-likeness (QED) is 0.701. The first-order valence-electron chi connectivity index (χ1n) is 4.97. The minimum Gasteiger partial charge on any atom is -0.382 e. The first kappa shape index (κ1) is 9.61. The molecule has 1 saturated heterocycles. The summed E-state index contributed by atoms with van der Waals surface area (Å²) in [6.45, 7) is 5.49. The van der Waals surface area contributed by atoms with Crippen LogP contribution in [0.2, 0.25) is 0 Å². The van der Waals surface area contributed by atoms with Crippen molar-refractivity contribution in [2.24, 2.45) is 0 Å². The Hall–Kier alpha value is -0.940. The molecule has 1 aromatic heterocycles. The standard InChI is InChI=1S/C9H16N4O/c1-7(2)13-5-8(11-12-13)9(14)3-4-10-6-9/h5,7,10,14H,3-4,6H2,1-2H3. The van der Waals surface area contributed by atoms with Gasteiger partial charge in [0.2, 0.25) is 0 Å². The molecule has 2 N–H and O–H groups in total. The zero-order chi connectivity index (χ0) is 10.2. The molecule has 0 bridgehead atoms. The third-order valence-corrected chi connectivity index (χ3v) is 2.65. The van der Waals surface area contributed by atoms with E-state index in [1.165, 1.54) is 0 Å². The molecule has 5 heteroatoms. The Morgan fingerprint density at radius 1 is 1.64 bits per heavy atom. The van der Waals surface area contributed by atoms with Gasteiger partial charge in [-0.15, -0.1) is 5.10 Å². The van der Waals surface area contributed by atoms with Crippen molar-refractivity contribution >= 4 is 0 Å². The monoisotopic (exact) mass is 196 g/mol. The van der Waals surface area contributed by atoms with Crippen LogP contribution in [0, 0.1) is 0 Å². The predicted octanol–water partition coefficient (Wildman–Crippen LogP) is 0.0399. The number of nitrogens with one attached hydrogen (secondary N) is 1. The summed E-state index contributed by atoms with van der Waals surface area (Å²) < 4.78 is 1.77. The summed E-state index contributed by atoms with van der Waals surface area (Å²) in [5, 5.41) is 21.3. The predicted molar refractivity (Wildman–Crippen MR) is 51.8 cm³/mol. The molecular weight excluding hydrogens is 180 g/mol. The van der Waals surface area contributed by atoms with Gasteiger partial charge in [-0.2, -0.15) is 0 Å². The van der Waals surface area contributed by atoms with Crippen LogP contribution < -0.4 is 5.32 Å². The van der Waals surface area contributed by atoms with Crippen LogP contribution in [0.4, 0.5) is 0 Å². The van der Waals surface area contributed by atoms with Crippen molar-refractivity contribution in [3.63, 3.8) is 0 Å². The molecule has 0 saturated carbocycles. The van der Waals surface area contributed by atoms with Crippen molar-refractivity contribution in [3.05, 3.63) is 11.9 Å². The summed E-state index contributed by atoms with van der Waals surface area (Å²) in [4.78, 5) is 0. The van der Waals surface area contributed by atoms with Crippen molar-refractivity contribution in [2.75, 3.05) is 13.1 Å². The van der Waals surface area contributed by atoms with Crippen LogP contribution in [-0.2, 0) is 5.60 Å². The molecule has 1 atom stereocenters. The minimum atomic E-state index is -0.812. The molecule has 14 heavy (non-hydrogen) atoms. The minimum absolute atomic E-state index is 0.286. The Labute approximate surface area is 83.1 Å². The van der Waals surface area contributed by atoms with E-state index in [1.807, 2.05) is 20.0 Å². The molecule has 1 aliphatic heterocycles. The summed E-state index contributed by atoms with van der Waals surface area (Å²) >= 11 is 0. The molecule has 2 heterocycles. The maximum Gasteiger partial charge on any atom is 0.123 e. The molecule has 2 rings (SSSR count). The second-order valence-corrected chi connectivity index (χ2v) is 4.14. The van der Waals surface area contributed by atoms with E-state index in [9.17, 15) is 5.11 Å². The average molecular weight is 196 g/mol. The molecule has 5 nitrogen and oxygen atoms in total. The van der Waals surface area contributed by atoms with E-state index in [1.54, 1.807) is 4.68 Å². The van der Waals surface area contributed by atoms with E-state index in [2.05, 4.69) is 15.6 Å². The molecule has 0 aromatic carbocycles. The molecule has 0 amide bonds. The fourth-order valence-electron chi connectivity index (χ4n) is 1.64. The lowest BCUT2D eigenvalue weighted by Crippen LogP contribution is -2.28. The van der Waals surface area contributed by atoms with E-state index < -0.39 is 5.60 Å². The second-order valence-electron chi connectivity index (χ2n) is 4.14. The third-order valence-electron chi connectivity index (χ3n) is 2.65. The van der Waals surface area contributed by atoms with Gasteiger partial charge in [0.15, 0.2) is 0 Å². The molecule has 1 aromatic rings. The van der Waals surface area contributed by atoms with Gasteiger partial charge in [0.1, 0.15) is 11.3 Å². The van der Waals surface area contributed by atoms with Gasteiger partial charge in [-0.1, -0.05) is 5.21 Å². The smallest absolute Gasteiger partial charge is 0.123 e. The Kier molecular flexibility index (Phi) is 2.28. The lowest BCUT2D eigenvalue weighted by atomic mass is 10.00. The summed E-state index contributed by atoms with van der Waals surface area (Å²) in [5.41, 5.74) is -0.135.